The Balaban J connectivity index is 1.88. The molecule has 1 aliphatic heterocycles. The van der Waals surface area contributed by atoms with Gasteiger partial charge in [0.2, 0.25) is 0 Å². The summed E-state index contributed by atoms with van der Waals surface area (Å²) < 4.78 is 43.9. The van der Waals surface area contributed by atoms with E-state index in [4.69, 9.17) is 0 Å². The summed E-state index contributed by atoms with van der Waals surface area (Å²) in [6.07, 6.45) is -2.86. The average Bonchev–Trinajstić information content (AvgIpc) is 3.17. The molecule has 1 aliphatic rings. The fourth-order valence-corrected chi connectivity index (χ4v) is 4.79. The Labute approximate surface area is 203 Å². The molecule has 1 amide bonds. The molecule has 12 heteroatoms. The van der Waals surface area contributed by atoms with Crippen LogP contribution in [0.3, 0.4) is 0 Å². The van der Waals surface area contributed by atoms with Gasteiger partial charge in [-0.3, -0.25) is 14.3 Å². The molecule has 8 nitrogen and oxygen atoms in total. The summed E-state index contributed by atoms with van der Waals surface area (Å²) in [7, 11) is 0. The average molecular weight is 508 g/mol. The van der Waals surface area contributed by atoms with Crippen LogP contribution in [0.5, 0.6) is 0 Å². The van der Waals surface area contributed by atoms with Gasteiger partial charge in [-0.15, -0.1) is 16.9 Å². The standard InChI is InChI=1S/C23H24F3N5O3S/c1-4-29-19(12-32)28-31(22(29)34)14-9-10-16-17(11-14)30(13(2)23(24,25)26)21(33)20(27-16)15-7-5-6-8-18(15)35-3/h5-11,13,20,27,32H,4,12H2,1-3H3/t13-,20?/m0/s1. The summed E-state index contributed by atoms with van der Waals surface area (Å²) in [5.41, 5.74) is 0.500. The number of nitrogens with zero attached hydrogens (tertiary/aromatic N) is 4. The first-order chi connectivity index (χ1) is 16.6. The molecule has 1 aromatic heterocycles. The van der Waals surface area contributed by atoms with Crippen LogP contribution in [0.2, 0.25) is 0 Å². The number of amides is 1. The van der Waals surface area contributed by atoms with E-state index in [1.807, 2.05) is 6.26 Å². The van der Waals surface area contributed by atoms with Crippen LogP contribution in [0.1, 0.15) is 31.3 Å². The Morgan fingerprint density at radius 3 is 2.51 bits per heavy atom. The fraction of sp³-hybridized carbons (Fsp3) is 0.348. The van der Waals surface area contributed by atoms with Crippen molar-refractivity contribution in [3.05, 3.63) is 64.3 Å². The Morgan fingerprint density at radius 2 is 1.91 bits per heavy atom. The van der Waals surface area contributed by atoms with E-state index < -0.39 is 36.5 Å². The third-order valence-corrected chi connectivity index (χ3v) is 6.79. The van der Waals surface area contributed by atoms with Gasteiger partial charge in [0.05, 0.1) is 17.1 Å². The number of carbonyl (C=O) groups is 1. The highest BCUT2D eigenvalue weighted by molar-refractivity contribution is 7.98. The molecule has 0 bridgehead atoms. The number of alkyl halides is 3. The van der Waals surface area contributed by atoms with Gasteiger partial charge in [-0.05, 0) is 49.9 Å². The Morgan fingerprint density at radius 1 is 1.20 bits per heavy atom. The van der Waals surface area contributed by atoms with Gasteiger partial charge in [0.15, 0.2) is 5.82 Å². The number of halogens is 3. The molecule has 0 saturated carbocycles. The van der Waals surface area contributed by atoms with Gasteiger partial charge in [0.25, 0.3) is 5.91 Å². The predicted octanol–water partition coefficient (Wildman–Crippen LogP) is 3.72. The van der Waals surface area contributed by atoms with E-state index in [9.17, 15) is 27.9 Å². The number of carbonyl (C=O) groups excluding carboxylic acids is 1. The first-order valence-electron chi connectivity index (χ1n) is 10.9. The van der Waals surface area contributed by atoms with Crippen molar-refractivity contribution in [1.82, 2.24) is 14.3 Å². The first-order valence-corrected chi connectivity index (χ1v) is 12.1. The maximum Gasteiger partial charge on any atom is 0.408 e. The number of aliphatic hydroxyl groups excluding tert-OH is 1. The van der Waals surface area contributed by atoms with E-state index in [1.54, 1.807) is 31.2 Å². The summed E-state index contributed by atoms with van der Waals surface area (Å²) in [5.74, 6) is -0.637. The molecule has 4 rings (SSSR count). The van der Waals surface area contributed by atoms with Crippen LogP contribution in [0.25, 0.3) is 5.69 Å². The van der Waals surface area contributed by atoms with Crippen molar-refractivity contribution >= 4 is 29.0 Å². The van der Waals surface area contributed by atoms with Gasteiger partial charge in [0.1, 0.15) is 18.7 Å². The smallest absolute Gasteiger partial charge is 0.388 e. The zero-order valence-corrected chi connectivity index (χ0v) is 20.0. The molecule has 0 radical (unpaired) electrons. The Hall–Kier alpha value is -3.25. The SMILES string of the molecule is CCn1c(CO)nn(-c2ccc3c(c2)N([C@@H](C)C(F)(F)F)C(=O)C(c2ccccc2SC)N3)c1=O. The maximum absolute atomic E-state index is 13.9. The highest BCUT2D eigenvalue weighted by Crippen LogP contribution is 2.43. The number of anilines is 2. The van der Waals surface area contributed by atoms with E-state index in [1.165, 1.54) is 34.5 Å². The third kappa shape index (κ3) is 4.31. The lowest BCUT2D eigenvalue weighted by molar-refractivity contribution is -0.151. The van der Waals surface area contributed by atoms with Crippen molar-refractivity contribution in [2.75, 3.05) is 16.5 Å². The monoisotopic (exact) mass is 507 g/mol. The van der Waals surface area contributed by atoms with Gasteiger partial charge in [-0.2, -0.15) is 17.9 Å². The minimum absolute atomic E-state index is 0.0151. The summed E-state index contributed by atoms with van der Waals surface area (Å²) in [4.78, 5) is 27.8. The van der Waals surface area contributed by atoms with Crippen molar-refractivity contribution in [3.63, 3.8) is 0 Å². The van der Waals surface area contributed by atoms with Crippen molar-refractivity contribution in [1.29, 1.82) is 0 Å². The fourth-order valence-electron chi connectivity index (χ4n) is 4.15. The Bertz CT molecular complexity index is 1320. The number of thioether (sulfide) groups is 1. The summed E-state index contributed by atoms with van der Waals surface area (Å²) in [5, 5.41) is 16.7. The molecule has 2 N–H and O–H groups in total. The molecule has 3 aromatic rings. The molecular formula is C23H24F3N5O3S. The van der Waals surface area contributed by atoms with Crippen molar-refractivity contribution < 1.29 is 23.1 Å². The number of fused-ring (bicyclic) bond motifs is 1. The van der Waals surface area contributed by atoms with Crippen LogP contribution in [0, 0.1) is 0 Å². The molecule has 1 unspecified atom stereocenters. The highest BCUT2D eigenvalue weighted by atomic mass is 32.2. The lowest BCUT2D eigenvalue weighted by Crippen LogP contribution is -2.52. The lowest BCUT2D eigenvalue weighted by Gasteiger charge is -2.40. The van der Waals surface area contributed by atoms with Gasteiger partial charge >= 0.3 is 11.9 Å². The minimum atomic E-state index is -4.69. The predicted molar refractivity (Wildman–Crippen MR) is 127 cm³/mol. The molecule has 186 valence electrons. The number of benzene rings is 2. The van der Waals surface area contributed by atoms with Gasteiger partial charge < -0.3 is 10.4 Å². The highest BCUT2D eigenvalue weighted by Gasteiger charge is 2.47. The van der Waals surface area contributed by atoms with Gasteiger partial charge in [0, 0.05) is 11.4 Å². The van der Waals surface area contributed by atoms with Crippen molar-refractivity contribution in [2.24, 2.45) is 0 Å². The van der Waals surface area contributed by atoms with Crippen molar-refractivity contribution in [3.8, 4) is 5.69 Å². The van der Waals surface area contributed by atoms with Crippen LogP contribution >= 0.6 is 11.8 Å². The second-order valence-corrected chi connectivity index (χ2v) is 8.81. The molecule has 0 spiro atoms. The van der Waals surface area contributed by atoms with Crippen LogP contribution in [-0.4, -0.2) is 43.8 Å². The van der Waals surface area contributed by atoms with Crippen LogP contribution in [0.4, 0.5) is 24.5 Å². The summed E-state index contributed by atoms with van der Waals surface area (Å²) in [6.45, 7) is 2.42. The van der Waals surface area contributed by atoms with E-state index in [2.05, 4.69) is 10.4 Å². The second kappa shape index (κ2) is 9.42. The van der Waals surface area contributed by atoms with Crippen molar-refractivity contribution in [2.45, 2.75) is 50.2 Å². The van der Waals surface area contributed by atoms with E-state index in [-0.39, 0.29) is 23.7 Å². The molecule has 2 heterocycles. The molecule has 2 aromatic carbocycles. The van der Waals surface area contributed by atoms with E-state index in [0.29, 0.717) is 11.3 Å². The molecule has 2 atom stereocenters. The molecule has 0 aliphatic carbocycles. The number of aromatic nitrogens is 3. The van der Waals surface area contributed by atoms with Gasteiger partial charge in [-0.25, -0.2) is 4.79 Å². The molecule has 0 saturated heterocycles. The topological polar surface area (TPSA) is 92.4 Å². The minimum Gasteiger partial charge on any atom is -0.388 e. The van der Waals surface area contributed by atoms with Crippen LogP contribution in [-0.2, 0) is 17.9 Å². The zero-order chi connectivity index (χ0) is 25.5. The number of hydrogen-bond acceptors (Lipinski definition) is 6. The van der Waals surface area contributed by atoms with Crippen LogP contribution < -0.4 is 15.9 Å². The summed E-state index contributed by atoms with van der Waals surface area (Å²) >= 11 is 1.39. The van der Waals surface area contributed by atoms with E-state index >= 15 is 0 Å². The number of nitrogens with one attached hydrogen (secondary N) is 1. The second-order valence-electron chi connectivity index (χ2n) is 7.96. The first kappa shape index (κ1) is 24.9. The number of aliphatic hydroxyl groups is 1. The largest absolute Gasteiger partial charge is 0.408 e. The lowest BCUT2D eigenvalue weighted by atomic mass is 9.99. The zero-order valence-electron chi connectivity index (χ0n) is 19.2. The molecular weight excluding hydrogens is 483 g/mol. The normalized spacial score (nSPS) is 16.7. The van der Waals surface area contributed by atoms with E-state index in [0.717, 1.165) is 21.4 Å². The number of hydrogen-bond donors (Lipinski definition) is 2. The maximum atomic E-state index is 13.9. The Kier molecular flexibility index (Phi) is 6.69. The van der Waals surface area contributed by atoms with Crippen LogP contribution in [0.15, 0.2) is 52.2 Å². The van der Waals surface area contributed by atoms with Gasteiger partial charge in [-0.1, -0.05) is 18.2 Å². The third-order valence-electron chi connectivity index (χ3n) is 5.98. The molecule has 0 fully saturated rings. The summed E-state index contributed by atoms with van der Waals surface area (Å²) in [6, 6.07) is 8.29. The number of rotatable bonds is 6. The molecule has 35 heavy (non-hydrogen) atoms. The quantitative estimate of drug-likeness (QED) is 0.494.